The molecule has 5 nitrogen and oxygen atoms in total. The highest BCUT2D eigenvalue weighted by Gasteiger charge is 2.10. The van der Waals surface area contributed by atoms with Crippen LogP contribution in [0.3, 0.4) is 0 Å². The molecule has 0 atom stereocenters. The minimum atomic E-state index is 0.251. The molecule has 0 unspecified atom stereocenters. The van der Waals surface area contributed by atoms with Crippen molar-refractivity contribution in [2.75, 3.05) is 12.4 Å². The number of halogens is 1. The number of anilines is 2. The van der Waals surface area contributed by atoms with Crippen molar-refractivity contribution in [3.05, 3.63) is 41.3 Å². The summed E-state index contributed by atoms with van der Waals surface area (Å²) in [7, 11) is 1.51. The van der Waals surface area contributed by atoms with Gasteiger partial charge in [-0.1, -0.05) is 23.7 Å². The Morgan fingerprint density at radius 3 is 2.68 bits per heavy atom. The first-order valence-corrected chi connectivity index (χ1v) is 5.90. The first kappa shape index (κ1) is 13.1. The van der Waals surface area contributed by atoms with Crippen LogP contribution in [0.15, 0.2) is 30.6 Å². The van der Waals surface area contributed by atoms with Crippen LogP contribution in [0, 0.1) is 11.3 Å². The van der Waals surface area contributed by atoms with Gasteiger partial charge in [0.25, 0.3) is 0 Å². The Kier molecular flexibility index (Phi) is 4.16. The van der Waals surface area contributed by atoms with E-state index in [-0.39, 0.29) is 5.15 Å². The Morgan fingerprint density at radius 1 is 1.32 bits per heavy atom. The van der Waals surface area contributed by atoms with Crippen LogP contribution in [0.4, 0.5) is 11.5 Å². The molecule has 0 fully saturated rings. The molecule has 0 bridgehead atoms. The van der Waals surface area contributed by atoms with Gasteiger partial charge in [0.2, 0.25) is 0 Å². The second-order valence-corrected chi connectivity index (χ2v) is 4.06. The Hall–Kier alpha value is -2.32. The predicted molar refractivity (Wildman–Crippen MR) is 72.6 cm³/mol. The molecule has 0 aliphatic heterocycles. The standard InChI is InChI=1S/C13H11ClN4O/c1-19-11-12(14)16-8-17-13(11)18-10-4-2-9(3-5-10)6-7-15/h2-5,8H,6H2,1H3,(H,16,17,18). The van der Waals surface area contributed by atoms with Gasteiger partial charge >= 0.3 is 0 Å². The lowest BCUT2D eigenvalue weighted by Gasteiger charge is -2.10. The second-order valence-electron chi connectivity index (χ2n) is 3.70. The number of nitrogens with one attached hydrogen (secondary N) is 1. The van der Waals surface area contributed by atoms with Gasteiger partial charge in [0.05, 0.1) is 19.6 Å². The molecule has 2 aromatic rings. The van der Waals surface area contributed by atoms with Crippen LogP contribution in [0.1, 0.15) is 5.56 Å². The van der Waals surface area contributed by atoms with E-state index in [1.807, 2.05) is 24.3 Å². The van der Waals surface area contributed by atoms with Crippen LogP contribution < -0.4 is 10.1 Å². The zero-order chi connectivity index (χ0) is 13.7. The number of benzene rings is 1. The van der Waals surface area contributed by atoms with E-state index in [2.05, 4.69) is 21.4 Å². The quantitative estimate of drug-likeness (QED) is 0.868. The zero-order valence-corrected chi connectivity index (χ0v) is 11.0. The number of methoxy groups -OCH3 is 1. The number of aromatic nitrogens is 2. The van der Waals surface area contributed by atoms with E-state index in [0.717, 1.165) is 11.3 Å². The molecule has 96 valence electrons. The van der Waals surface area contributed by atoms with Gasteiger partial charge in [-0.2, -0.15) is 5.26 Å². The van der Waals surface area contributed by atoms with Crippen molar-refractivity contribution < 1.29 is 4.74 Å². The summed E-state index contributed by atoms with van der Waals surface area (Å²) in [5.74, 6) is 0.890. The SMILES string of the molecule is COc1c(Cl)ncnc1Nc1ccc(CC#N)cc1. The van der Waals surface area contributed by atoms with Crippen molar-refractivity contribution in [1.82, 2.24) is 9.97 Å². The van der Waals surface area contributed by atoms with Gasteiger partial charge < -0.3 is 10.1 Å². The Bertz CT molecular complexity index is 607. The summed E-state index contributed by atoms with van der Waals surface area (Å²) in [6.45, 7) is 0. The van der Waals surface area contributed by atoms with Gasteiger partial charge in [-0.05, 0) is 17.7 Å². The highest BCUT2D eigenvalue weighted by Crippen LogP contribution is 2.30. The van der Waals surface area contributed by atoms with Gasteiger partial charge in [0.15, 0.2) is 16.7 Å². The lowest BCUT2D eigenvalue weighted by Crippen LogP contribution is -1.99. The van der Waals surface area contributed by atoms with Crippen molar-refractivity contribution in [1.29, 1.82) is 5.26 Å². The molecule has 1 heterocycles. The maximum atomic E-state index is 8.61. The monoisotopic (exact) mass is 274 g/mol. The van der Waals surface area contributed by atoms with E-state index in [0.29, 0.717) is 18.0 Å². The number of ether oxygens (including phenoxy) is 1. The van der Waals surface area contributed by atoms with Crippen molar-refractivity contribution >= 4 is 23.1 Å². The fourth-order valence-electron chi connectivity index (χ4n) is 1.56. The second kappa shape index (κ2) is 6.03. The summed E-state index contributed by atoms with van der Waals surface area (Å²) in [5.41, 5.74) is 1.79. The molecular formula is C13H11ClN4O. The molecule has 1 aromatic heterocycles. The maximum Gasteiger partial charge on any atom is 0.199 e. The third-order valence-corrected chi connectivity index (χ3v) is 2.73. The van der Waals surface area contributed by atoms with Crippen molar-refractivity contribution in [2.24, 2.45) is 0 Å². The normalized spacial score (nSPS) is 9.74. The molecule has 0 aliphatic carbocycles. The van der Waals surface area contributed by atoms with Crippen LogP contribution in [-0.4, -0.2) is 17.1 Å². The maximum absolute atomic E-state index is 8.61. The average Bonchev–Trinajstić information content (AvgIpc) is 2.42. The largest absolute Gasteiger partial charge is 0.490 e. The third-order valence-electron chi connectivity index (χ3n) is 2.46. The summed E-state index contributed by atoms with van der Waals surface area (Å²) in [4.78, 5) is 7.92. The molecule has 0 saturated carbocycles. The van der Waals surface area contributed by atoms with Crippen LogP contribution in [0.25, 0.3) is 0 Å². The zero-order valence-electron chi connectivity index (χ0n) is 10.2. The van der Waals surface area contributed by atoms with Crippen molar-refractivity contribution in [3.63, 3.8) is 0 Å². The summed E-state index contributed by atoms with van der Waals surface area (Å²) in [6.07, 6.45) is 1.75. The van der Waals surface area contributed by atoms with E-state index < -0.39 is 0 Å². The molecule has 6 heteroatoms. The van der Waals surface area contributed by atoms with E-state index in [4.69, 9.17) is 21.6 Å². The van der Waals surface area contributed by atoms with Crippen LogP contribution >= 0.6 is 11.6 Å². The van der Waals surface area contributed by atoms with Crippen LogP contribution in [-0.2, 0) is 6.42 Å². The number of nitrogens with zero attached hydrogens (tertiary/aromatic N) is 3. The fraction of sp³-hybridized carbons (Fsp3) is 0.154. The summed E-state index contributed by atoms with van der Waals surface area (Å²) in [5, 5.41) is 12.0. The molecule has 0 aliphatic rings. The van der Waals surface area contributed by atoms with Gasteiger partial charge in [-0.25, -0.2) is 9.97 Å². The summed E-state index contributed by atoms with van der Waals surface area (Å²) >= 11 is 5.91. The lowest BCUT2D eigenvalue weighted by atomic mass is 10.1. The number of hydrogen-bond acceptors (Lipinski definition) is 5. The fourth-order valence-corrected chi connectivity index (χ4v) is 1.77. The first-order valence-electron chi connectivity index (χ1n) is 5.52. The lowest BCUT2D eigenvalue weighted by molar-refractivity contribution is 0.413. The highest BCUT2D eigenvalue weighted by atomic mass is 35.5. The molecule has 0 spiro atoms. The van der Waals surface area contributed by atoms with Gasteiger partial charge in [0.1, 0.15) is 6.33 Å². The van der Waals surface area contributed by atoms with Gasteiger partial charge in [-0.3, -0.25) is 0 Å². The van der Waals surface area contributed by atoms with Crippen molar-refractivity contribution in [2.45, 2.75) is 6.42 Å². The molecule has 0 saturated heterocycles. The molecule has 0 amide bonds. The van der Waals surface area contributed by atoms with E-state index in [1.165, 1.54) is 13.4 Å². The molecule has 19 heavy (non-hydrogen) atoms. The Labute approximate surface area is 115 Å². The minimum absolute atomic E-state index is 0.251. The van der Waals surface area contributed by atoms with Gasteiger partial charge in [0, 0.05) is 5.69 Å². The summed E-state index contributed by atoms with van der Waals surface area (Å²) in [6, 6.07) is 9.58. The van der Waals surface area contributed by atoms with E-state index in [9.17, 15) is 0 Å². The van der Waals surface area contributed by atoms with E-state index >= 15 is 0 Å². The van der Waals surface area contributed by atoms with E-state index in [1.54, 1.807) is 0 Å². The highest BCUT2D eigenvalue weighted by molar-refractivity contribution is 6.31. The minimum Gasteiger partial charge on any atom is -0.490 e. The number of hydrogen-bond donors (Lipinski definition) is 1. The average molecular weight is 275 g/mol. The molecule has 1 aromatic carbocycles. The molecule has 0 radical (unpaired) electrons. The number of rotatable bonds is 4. The Morgan fingerprint density at radius 2 is 2.05 bits per heavy atom. The molecule has 2 rings (SSSR count). The van der Waals surface area contributed by atoms with Crippen molar-refractivity contribution in [3.8, 4) is 11.8 Å². The predicted octanol–water partition coefficient (Wildman–Crippen LogP) is 2.95. The first-order chi connectivity index (χ1) is 9.24. The molecule has 1 N–H and O–H groups in total. The van der Waals surface area contributed by atoms with Gasteiger partial charge in [-0.15, -0.1) is 0 Å². The number of nitriles is 1. The van der Waals surface area contributed by atoms with Crippen LogP contribution in [0.5, 0.6) is 5.75 Å². The third kappa shape index (κ3) is 3.12. The topological polar surface area (TPSA) is 70.8 Å². The Balaban J connectivity index is 2.22. The smallest absolute Gasteiger partial charge is 0.199 e. The van der Waals surface area contributed by atoms with Crippen LogP contribution in [0.2, 0.25) is 5.15 Å². The summed E-state index contributed by atoms with van der Waals surface area (Å²) < 4.78 is 5.15. The molecular weight excluding hydrogens is 264 g/mol.